The summed E-state index contributed by atoms with van der Waals surface area (Å²) in [6.45, 7) is 5.05. The van der Waals surface area contributed by atoms with Crippen LogP contribution in [0.25, 0.3) is 0 Å². The van der Waals surface area contributed by atoms with E-state index in [9.17, 15) is 5.11 Å². The quantitative estimate of drug-likeness (QED) is 0.594. The van der Waals surface area contributed by atoms with Gasteiger partial charge in [-0.05, 0) is 50.0 Å². The molecule has 1 aliphatic rings. The Morgan fingerprint density at radius 3 is 2.50 bits per heavy atom. The molecule has 124 valence electrons. The average molecular weight is 304 g/mol. The Hall–Kier alpha value is -1.18. The first-order valence-corrected chi connectivity index (χ1v) is 9.20. The molecule has 0 saturated heterocycles. The molecule has 1 N–H and O–H groups in total. The molecule has 1 fully saturated rings. The molecule has 0 aliphatic heterocycles. The molecule has 0 bridgehead atoms. The van der Waals surface area contributed by atoms with E-state index >= 15 is 0 Å². The molecular formula is C20H32O2. The number of benzene rings is 1. The lowest BCUT2D eigenvalue weighted by Gasteiger charge is -2.30. The zero-order valence-corrected chi connectivity index (χ0v) is 14.3. The number of phenolic OH excluding ortho intramolecular Hbond substituents is 1. The lowest BCUT2D eigenvalue weighted by Crippen LogP contribution is -2.14. The van der Waals surface area contributed by atoms with E-state index in [1.54, 1.807) is 6.07 Å². The van der Waals surface area contributed by atoms with Crippen molar-refractivity contribution < 1.29 is 9.84 Å². The highest BCUT2D eigenvalue weighted by atomic mass is 16.5. The van der Waals surface area contributed by atoms with Crippen LogP contribution in [0.4, 0.5) is 0 Å². The van der Waals surface area contributed by atoms with Crippen molar-refractivity contribution in [2.75, 3.05) is 6.61 Å². The second-order valence-electron chi connectivity index (χ2n) is 6.76. The molecule has 1 saturated carbocycles. The topological polar surface area (TPSA) is 29.5 Å². The van der Waals surface area contributed by atoms with E-state index in [0.717, 1.165) is 18.1 Å². The lowest BCUT2D eigenvalue weighted by molar-refractivity contribution is 0.276. The van der Waals surface area contributed by atoms with Crippen molar-refractivity contribution >= 4 is 0 Å². The smallest absolute Gasteiger partial charge is 0.164 e. The van der Waals surface area contributed by atoms with Gasteiger partial charge in [-0.25, -0.2) is 0 Å². The zero-order valence-electron chi connectivity index (χ0n) is 14.3. The van der Waals surface area contributed by atoms with Crippen molar-refractivity contribution in [2.24, 2.45) is 5.92 Å². The van der Waals surface area contributed by atoms with E-state index in [0.29, 0.717) is 18.3 Å². The minimum absolute atomic E-state index is 0.302. The summed E-state index contributed by atoms with van der Waals surface area (Å²) in [4.78, 5) is 0. The first kappa shape index (κ1) is 17.2. The Balaban J connectivity index is 1.94. The first-order chi connectivity index (χ1) is 10.8. The fourth-order valence-electron chi connectivity index (χ4n) is 3.67. The summed E-state index contributed by atoms with van der Waals surface area (Å²) in [6.07, 6.45) is 11.6. The molecule has 1 aromatic rings. The van der Waals surface area contributed by atoms with Crippen molar-refractivity contribution in [3.63, 3.8) is 0 Å². The van der Waals surface area contributed by atoms with Gasteiger partial charge in [0, 0.05) is 5.56 Å². The maximum atomic E-state index is 10.1. The fraction of sp³-hybridized carbons (Fsp3) is 0.700. The van der Waals surface area contributed by atoms with Crippen LogP contribution in [-0.4, -0.2) is 11.7 Å². The lowest BCUT2D eigenvalue weighted by atomic mass is 9.76. The third kappa shape index (κ3) is 4.66. The van der Waals surface area contributed by atoms with Crippen LogP contribution in [0, 0.1) is 5.92 Å². The summed E-state index contributed by atoms with van der Waals surface area (Å²) in [5.74, 6) is 2.51. The Kier molecular flexibility index (Phi) is 7.08. The van der Waals surface area contributed by atoms with Gasteiger partial charge in [0.1, 0.15) is 0 Å². The third-order valence-electron chi connectivity index (χ3n) is 4.98. The molecule has 0 amide bonds. The molecule has 2 rings (SSSR count). The van der Waals surface area contributed by atoms with Crippen LogP contribution in [0.2, 0.25) is 0 Å². The molecule has 2 nitrogen and oxygen atoms in total. The van der Waals surface area contributed by atoms with Crippen molar-refractivity contribution in [1.82, 2.24) is 0 Å². The van der Waals surface area contributed by atoms with Gasteiger partial charge < -0.3 is 9.84 Å². The molecule has 0 unspecified atom stereocenters. The van der Waals surface area contributed by atoms with E-state index in [1.165, 1.54) is 56.9 Å². The summed E-state index contributed by atoms with van der Waals surface area (Å²) in [6, 6.07) is 5.84. The summed E-state index contributed by atoms with van der Waals surface area (Å²) < 4.78 is 5.83. The Morgan fingerprint density at radius 2 is 1.82 bits per heavy atom. The second kappa shape index (κ2) is 9.07. The SMILES string of the molecule is CCCCCC1CCC(c2cccc(O)c2OCCC)CC1. The minimum Gasteiger partial charge on any atom is -0.504 e. The fourth-order valence-corrected chi connectivity index (χ4v) is 3.67. The second-order valence-corrected chi connectivity index (χ2v) is 6.76. The van der Waals surface area contributed by atoms with Gasteiger partial charge >= 0.3 is 0 Å². The Labute approximate surface area is 135 Å². The van der Waals surface area contributed by atoms with Gasteiger partial charge in [-0.1, -0.05) is 51.7 Å². The van der Waals surface area contributed by atoms with Crippen molar-refractivity contribution in [2.45, 2.75) is 77.6 Å². The number of phenols is 1. The van der Waals surface area contributed by atoms with Crippen molar-refractivity contribution in [3.8, 4) is 11.5 Å². The van der Waals surface area contributed by atoms with Gasteiger partial charge in [-0.15, -0.1) is 0 Å². The Bertz CT molecular complexity index is 433. The summed E-state index contributed by atoms with van der Waals surface area (Å²) >= 11 is 0. The summed E-state index contributed by atoms with van der Waals surface area (Å²) in [7, 11) is 0. The van der Waals surface area contributed by atoms with Crippen molar-refractivity contribution in [3.05, 3.63) is 23.8 Å². The molecular weight excluding hydrogens is 272 g/mol. The normalized spacial score (nSPS) is 21.7. The van der Waals surface area contributed by atoms with E-state index in [4.69, 9.17) is 4.74 Å². The van der Waals surface area contributed by atoms with Crippen molar-refractivity contribution in [1.29, 1.82) is 0 Å². The number of hydrogen-bond donors (Lipinski definition) is 1. The number of ether oxygens (including phenoxy) is 1. The van der Waals surface area contributed by atoms with Crippen LogP contribution in [0.3, 0.4) is 0 Å². The van der Waals surface area contributed by atoms with Crippen LogP contribution >= 0.6 is 0 Å². The van der Waals surface area contributed by atoms with Crippen LogP contribution in [0.1, 0.15) is 83.1 Å². The number of aromatic hydroxyl groups is 1. The average Bonchev–Trinajstić information content (AvgIpc) is 2.54. The molecule has 0 spiro atoms. The maximum absolute atomic E-state index is 10.1. The number of hydrogen-bond acceptors (Lipinski definition) is 2. The molecule has 0 radical (unpaired) electrons. The van der Waals surface area contributed by atoms with Gasteiger partial charge in [-0.2, -0.15) is 0 Å². The van der Waals surface area contributed by atoms with Crippen LogP contribution in [0.5, 0.6) is 11.5 Å². The monoisotopic (exact) mass is 304 g/mol. The van der Waals surface area contributed by atoms with Gasteiger partial charge in [0.2, 0.25) is 0 Å². The largest absolute Gasteiger partial charge is 0.504 e. The highest BCUT2D eigenvalue weighted by molar-refractivity contribution is 5.47. The zero-order chi connectivity index (χ0) is 15.8. The predicted octanol–water partition coefficient (Wildman–Crippen LogP) is 6.04. The molecule has 1 aliphatic carbocycles. The summed E-state index contributed by atoms with van der Waals surface area (Å²) in [5, 5.41) is 10.1. The van der Waals surface area contributed by atoms with E-state index in [1.807, 2.05) is 6.07 Å². The van der Waals surface area contributed by atoms with Gasteiger partial charge in [-0.3, -0.25) is 0 Å². The molecule has 0 aromatic heterocycles. The Morgan fingerprint density at radius 1 is 1.05 bits per heavy atom. The van der Waals surface area contributed by atoms with E-state index in [2.05, 4.69) is 19.9 Å². The number of rotatable bonds is 8. The van der Waals surface area contributed by atoms with Gasteiger partial charge in [0.15, 0.2) is 11.5 Å². The van der Waals surface area contributed by atoms with E-state index < -0.39 is 0 Å². The highest BCUT2D eigenvalue weighted by Crippen LogP contribution is 2.43. The molecule has 2 heteroatoms. The van der Waals surface area contributed by atoms with Gasteiger partial charge in [0.05, 0.1) is 6.61 Å². The number of unbranched alkanes of at least 4 members (excludes halogenated alkanes) is 2. The number of para-hydroxylation sites is 1. The van der Waals surface area contributed by atoms with Crippen LogP contribution in [0.15, 0.2) is 18.2 Å². The molecule has 1 aromatic carbocycles. The predicted molar refractivity (Wildman–Crippen MR) is 92.7 cm³/mol. The van der Waals surface area contributed by atoms with E-state index in [-0.39, 0.29) is 0 Å². The first-order valence-electron chi connectivity index (χ1n) is 9.20. The van der Waals surface area contributed by atoms with Crippen LogP contribution in [-0.2, 0) is 0 Å². The standard InChI is InChI=1S/C20H32O2/c1-3-5-6-8-16-11-13-17(14-12-16)18-9-7-10-19(21)20(18)22-15-4-2/h7,9-10,16-17,21H,3-6,8,11-15H2,1-2H3. The highest BCUT2D eigenvalue weighted by Gasteiger charge is 2.25. The minimum atomic E-state index is 0.302. The maximum Gasteiger partial charge on any atom is 0.164 e. The molecule has 22 heavy (non-hydrogen) atoms. The van der Waals surface area contributed by atoms with Crippen LogP contribution < -0.4 is 4.74 Å². The van der Waals surface area contributed by atoms with Gasteiger partial charge in [0.25, 0.3) is 0 Å². The molecule has 0 atom stereocenters. The third-order valence-corrected chi connectivity index (χ3v) is 4.98. The molecule has 0 heterocycles. The summed E-state index contributed by atoms with van der Waals surface area (Å²) in [5.41, 5.74) is 1.22.